The molecule has 10 heavy (non-hydrogen) atoms. The smallest absolute Gasteiger partial charge is 0.0313 e. The summed E-state index contributed by atoms with van der Waals surface area (Å²) in [5.74, 6) is 0. The first kappa shape index (κ1) is 4.73. The van der Waals surface area contributed by atoms with Gasteiger partial charge in [0.05, 0.1) is 0 Å². The molecule has 0 fully saturated rings. The number of hydrogen-bond acceptors (Lipinski definition) is 0. The number of rotatable bonds is 3. The van der Waals surface area contributed by atoms with Gasteiger partial charge >= 0.3 is 0 Å². The largest absolute Gasteiger partial charge is 0.103 e. The van der Waals surface area contributed by atoms with Crippen LogP contribution in [0.4, 0.5) is 0 Å². The summed E-state index contributed by atoms with van der Waals surface area (Å²) < 4.78 is 14.9. The molecule has 0 unspecified atom stereocenters. The summed E-state index contributed by atoms with van der Waals surface area (Å²) in [5, 5.41) is 0. The molecule has 0 heteroatoms. The highest BCUT2D eigenvalue weighted by Gasteiger charge is 1.85. The van der Waals surface area contributed by atoms with Crippen LogP contribution in [0.15, 0.2) is 43.0 Å². The van der Waals surface area contributed by atoms with E-state index < -0.39 is 6.37 Å². The van der Waals surface area contributed by atoms with Gasteiger partial charge in [-0.15, -0.1) is 6.58 Å². The van der Waals surface area contributed by atoms with Gasteiger partial charge in [0, 0.05) is 2.74 Å². The number of benzene rings is 1. The zero-order valence-corrected chi connectivity index (χ0v) is 5.88. The number of allylic oxidation sites excluding steroid dienone is 1. The van der Waals surface area contributed by atoms with Gasteiger partial charge in [0.15, 0.2) is 0 Å². The Morgan fingerprint density at radius 2 is 2.10 bits per heavy atom. The van der Waals surface area contributed by atoms with E-state index in [1.807, 2.05) is 30.3 Å². The summed E-state index contributed by atoms with van der Waals surface area (Å²) in [4.78, 5) is 0. The van der Waals surface area contributed by atoms with Crippen molar-refractivity contribution in [2.75, 3.05) is 0 Å². The van der Waals surface area contributed by atoms with Crippen LogP contribution in [0.2, 0.25) is 0 Å². The van der Waals surface area contributed by atoms with Crippen LogP contribution in [0.5, 0.6) is 0 Å². The maximum absolute atomic E-state index is 7.46. The second-order valence-electron chi connectivity index (χ2n) is 2.07. The molecule has 1 aromatic rings. The molecule has 52 valence electrons. The Labute approximate surface area is 65.0 Å². The van der Waals surface area contributed by atoms with Gasteiger partial charge in [0.1, 0.15) is 0 Å². The van der Waals surface area contributed by atoms with Crippen molar-refractivity contribution >= 4 is 0 Å². The van der Waals surface area contributed by atoms with Gasteiger partial charge in [-0.2, -0.15) is 0 Å². The molecule has 0 aliphatic carbocycles. The van der Waals surface area contributed by atoms with Gasteiger partial charge in [-0.1, -0.05) is 36.4 Å². The van der Waals surface area contributed by atoms with E-state index in [4.69, 9.17) is 2.74 Å². The topological polar surface area (TPSA) is 0 Å². The van der Waals surface area contributed by atoms with Crippen LogP contribution in [-0.4, -0.2) is 0 Å². The molecular weight excluding hydrogens is 120 g/mol. The van der Waals surface area contributed by atoms with Crippen molar-refractivity contribution < 1.29 is 2.74 Å². The second kappa shape index (κ2) is 3.89. The van der Waals surface area contributed by atoms with E-state index in [1.165, 1.54) is 6.08 Å². The van der Waals surface area contributed by atoms with E-state index in [0.717, 1.165) is 5.56 Å². The Morgan fingerprint density at radius 3 is 2.70 bits per heavy atom. The van der Waals surface area contributed by atoms with Crippen molar-refractivity contribution in [2.24, 2.45) is 0 Å². The Bertz CT molecular complexity index is 252. The minimum Gasteiger partial charge on any atom is -0.103 e. The summed E-state index contributed by atoms with van der Waals surface area (Å²) in [7, 11) is 0. The normalized spacial score (nSPS) is 13.6. The molecule has 0 saturated carbocycles. The molecule has 0 aliphatic rings. The molecular formula is C10H12. The van der Waals surface area contributed by atoms with Crippen molar-refractivity contribution in [1.29, 1.82) is 0 Å². The SMILES string of the molecule is [2H]C([2H])(C=C)Cc1ccccc1. The van der Waals surface area contributed by atoms with Crippen LogP contribution < -0.4 is 0 Å². The summed E-state index contributed by atoms with van der Waals surface area (Å²) in [6, 6.07) is 9.58. The lowest BCUT2D eigenvalue weighted by Crippen LogP contribution is -1.79. The molecule has 0 atom stereocenters. The van der Waals surface area contributed by atoms with Crippen LogP contribution in [0.1, 0.15) is 14.7 Å². The predicted molar refractivity (Wildman–Crippen MR) is 45.0 cm³/mol. The van der Waals surface area contributed by atoms with Gasteiger partial charge in [0.25, 0.3) is 0 Å². The third-order valence-corrected chi connectivity index (χ3v) is 1.29. The number of aryl methyl sites for hydroxylation is 1. The van der Waals surface area contributed by atoms with Crippen molar-refractivity contribution in [3.05, 3.63) is 48.6 Å². The highest BCUT2D eigenvalue weighted by atomic mass is 13.9. The first-order valence-electron chi connectivity index (χ1n) is 4.31. The molecule has 0 aromatic heterocycles. The minimum absolute atomic E-state index is 0.400. The molecule has 0 bridgehead atoms. The maximum Gasteiger partial charge on any atom is 0.0313 e. The molecule has 0 saturated heterocycles. The fraction of sp³-hybridized carbons (Fsp3) is 0.200. The van der Waals surface area contributed by atoms with Gasteiger partial charge in [-0.25, -0.2) is 0 Å². The first-order chi connectivity index (χ1) is 5.64. The highest BCUT2D eigenvalue weighted by molar-refractivity contribution is 5.14. The molecule has 0 amide bonds. The third-order valence-electron chi connectivity index (χ3n) is 1.29. The summed E-state index contributed by atoms with van der Waals surface area (Å²) in [6.45, 7) is 3.45. The lowest BCUT2D eigenvalue weighted by atomic mass is 10.1. The molecule has 0 N–H and O–H groups in total. The average Bonchev–Trinajstić information content (AvgIpc) is 2.06. The van der Waals surface area contributed by atoms with Crippen LogP contribution in [0, 0.1) is 0 Å². The van der Waals surface area contributed by atoms with Crippen LogP contribution in [0.3, 0.4) is 0 Å². The molecule has 0 spiro atoms. The van der Waals surface area contributed by atoms with Crippen molar-refractivity contribution in [1.82, 2.24) is 0 Å². The maximum atomic E-state index is 7.46. The highest BCUT2D eigenvalue weighted by Crippen LogP contribution is 2.01. The molecule has 0 radical (unpaired) electrons. The van der Waals surface area contributed by atoms with E-state index in [-0.39, 0.29) is 0 Å². The monoisotopic (exact) mass is 134 g/mol. The fourth-order valence-electron chi connectivity index (χ4n) is 0.786. The Morgan fingerprint density at radius 1 is 1.40 bits per heavy atom. The lowest BCUT2D eigenvalue weighted by Gasteiger charge is -1.94. The summed E-state index contributed by atoms with van der Waals surface area (Å²) in [6.07, 6.45) is 0.457. The van der Waals surface area contributed by atoms with E-state index in [0.29, 0.717) is 6.42 Å². The van der Waals surface area contributed by atoms with Crippen molar-refractivity contribution in [3.63, 3.8) is 0 Å². The fourth-order valence-corrected chi connectivity index (χ4v) is 0.786. The third kappa shape index (κ3) is 2.06. The minimum atomic E-state index is -1.29. The Balaban J connectivity index is 2.70. The first-order valence-corrected chi connectivity index (χ1v) is 3.31. The quantitative estimate of drug-likeness (QED) is 0.558. The summed E-state index contributed by atoms with van der Waals surface area (Å²) >= 11 is 0. The lowest BCUT2D eigenvalue weighted by molar-refractivity contribution is 1.00. The van der Waals surface area contributed by atoms with E-state index >= 15 is 0 Å². The average molecular weight is 134 g/mol. The molecule has 0 nitrogen and oxygen atoms in total. The second-order valence-corrected chi connectivity index (χ2v) is 2.07. The standard InChI is InChI=1S/C10H12/c1-2-3-7-10-8-5-4-6-9-10/h2,4-6,8-9H,1,3,7H2/i3D2. The van der Waals surface area contributed by atoms with Crippen LogP contribution >= 0.6 is 0 Å². The van der Waals surface area contributed by atoms with Crippen molar-refractivity contribution in [3.8, 4) is 0 Å². The van der Waals surface area contributed by atoms with Crippen LogP contribution in [0.25, 0.3) is 0 Å². The molecule has 0 heterocycles. The number of hydrogen-bond donors (Lipinski definition) is 0. The van der Waals surface area contributed by atoms with E-state index in [1.54, 1.807) is 0 Å². The Hall–Kier alpha value is -1.04. The molecule has 1 aromatic carbocycles. The zero-order valence-electron chi connectivity index (χ0n) is 7.88. The van der Waals surface area contributed by atoms with Gasteiger partial charge in [-0.05, 0) is 18.4 Å². The van der Waals surface area contributed by atoms with Gasteiger partial charge in [0.2, 0.25) is 0 Å². The Kier molecular flexibility index (Phi) is 1.84. The van der Waals surface area contributed by atoms with E-state index in [2.05, 4.69) is 6.58 Å². The van der Waals surface area contributed by atoms with Gasteiger partial charge < -0.3 is 0 Å². The molecule has 0 aliphatic heterocycles. The van der Waals surface area contributed by atoms with Crippen LogP contribution in [-0.2, 0) is 6.42 Å². The van der Waals surface area contributed by atoms with Gasteiger partial charge in [-0.3, -0.25) is 0 Å². The zero-order chi connectivity index (χ0) is 9.03. The van der Waals surface area contributed by atoms with Crippen molar-refractivity contribution in [2.45, 2.75) is 12.8 Å². The molecule has 1 rings (SSSR count). The predicted octanol–water partition coefficient (Wildman–Crippen LogP) is 2.81. The summed E-state index contributed by atoms with van der Waals surface area (Å²) in [5.41, 5.74) is 1.00. The van der Waals surface area contributed by atoms with E-state index in [9.17, 15) is 0 Å².